The highest BCUT2D eigenvalue weighted by atomic mass is 35.5. The number of alkyl halides is 1. The fourth-order valence-corrected chi connectivity index (χ4v) is 1.31. The van der Waals surface area contributed by atoms with E-state index in [1.54, 1.807) is 0 Å². The van der Waals surface area contributed by atoms with Gasteiger partial charge in [0.1, 0.15) is 0 Å². The average molecular weight is 184 g/mol. The molecule has 0 bridgehead atoms. The van der Waals surface area contributed by atoms with E-state index in [1.807, 2.05) is 18.3 Å². The van der Waals surface area contributed by atoms with E-state index in [9.17, 15) is 0 Å². The maximum absolute atomic E-state index is 5.57. The smallest absolute Gasteiger partial charge is 0.0403 e. The van der Waals surface area contributed by atoms with Crippen LogP contribution in [-0.2, 0) is 6.42 Å². The van der Waals surface area contributed by atoms with Crippen LogP contribution in [0.15, 0.2) is 24.4 Å². The van der Waals surface area contributed by atoms with Crippen molar-refractivity contribution in [3.05, 3.63) is 30.1 Å². The van der Waals surface area contributed by atoms with Crippen molar-refractivity contribution < 1.29 is 0 Å². The van der Waals surface area contributed by atoms with E-state index in [2.05, 4.69) is 11.1 Å². The number of rotatable bonds is 5. The predicted molar refractivity (Wildman–Crippen MR) is 52.5 cm³/mol. The van der Waals surface area contributed by atoms with Crippen LogP contribution in [0.2, 0.25) is 0 Å². The summed E-state index contributed by atoms with van der Waals surface area (Å²) in [5.74, 6) is 0.780. The second kappa shape index (κ2) is 6.01. The second-order valence-electron chi connectivity index (χ2n) is 2.82. The average Bonchev–Trinajstić information content (AvgIpc) is 2.14. The van der Waals surface area contributed by atoms with E-state index in [0.29, 0.717) is 0 Å². The third-order valence-electron chi connectivity index (χ3n) is 1.79. The summed E-state index contributed by atoms with van der Waals surface area (Å²) in [6, 6.07) is 6.05. The molecule has 2 heteroatoms. The molecule has 0 fully saturated rings. The third-order valence-corrected chi connectivity index (χ3v) is 2.06. The summed E-state index contributed by atoms with van der Waals surface area (Å²) in [6.07, 6.45) is 6.45. The number of nitrogens with zero attached hydrogens (tertiary/aromatic N) is 1. The number of halogens is 1. The summed E-state index contributed by atoms with van der Waals surface area (Å²) in [6.45, 7) is 0. The summed E-state index contributed by atoms with van der Waals surface area (Å²) >= 11 is 5.57. The summed E-state index contributed by atoms with van der Waals surface area (Å²) in [5.41, 5.74) is 1.19. The molecule has 0 atom stereocenters. The van der Waals surface area contributed by atoms with Crippen LogP contribution in [0.25, 0.3) is 0 Å². The monoisotopic (exact) mass is 183 g/mol. The lowest BCUT2D eigenvalue weighted by molar-refractivity contribution is 0.710. The molecule has 0 aromatic carbocycles. The molecule has 1 heterocycles. The molecule has 1 nitrogen and oxygen atoms in total. The largest absolute Gasteiger partial charge is 0.261 e. The van der Waals surface area contributed by atoms with Crippen LogP contribution in [0.3, 0.4) is 0 Å². The van der Waals surface area contributed by atoms with Crippen molar-refractivity contribution in [3.8, 4) is 0 Å². The van der Waals surface area contributed by atoms with Gasteiger partial charge in [0.2, 0.25) is 0 Å². The topological polar surface area (TPSA) is 12.9 Å². The Balaban J connectivity index is 2.16. The number of pyridine rings is 1. The second-order valence-corrected chi connectivity index (χ2v) is 3.20. The van der Waals surface area contributed by atoms with Gasteiger partial charge in [0.05, 0.1) is 0 Å². The highest BCUT2D eigenvalue weighted by Crippen LogP contribution is 2.03. The molecule has 1 rings (SSSR count). The minimum Gasteiger partial charge on any atom is -0.261 e. The van der Waals surface area contributed by atoms with Gasteiger partial charge in [-0.2, -0.15) is 0 Å². The summed E-state index contributed by atoms with van der Waals surface area (Å²) in [5, 5.41) is 0. The lowest BCUT2D eigenvalue weighted by atomic mass is 10.1. The van der Waals surface area contributed by atoms with Crippen molar-refractivity contribution >= 4 is 11.6 Å². The Bertz CT molecular complexity index is 198. The van der Waals surface area contributed by atoms with Crippen molar-refractivity contribution in [2.75, 3.05) is 5.88 Å². The van der Waals surface area contributed by atoms with Gasteiger partial charge < -0.3 is 0 Å². The molecule has 0 spiro atoms. The van der Waals surface area contributed by atoms with Crippen molar-refractivity contribution in [3.63, 3.8) is 0 Å². The maximum Gasteiger partial charge on any atom is 0.0403 e. The van der Waals surface area contributed by atoms with Crippen molar-refractivity contribution in [2.45, 2.75) is 25.7 Å². The van der Waals surface area contributed by atoms with Gasteiger partial charge >= 0.3 is 0 Å². The molecule has 1 aromatic rings. The molecule has 0 saturated heterocycles. The number of unbranched alkanes of at least 4 members (excludes halogenated alkanes) is 2. The van der Waals surface area contributed by atoms with Gasteiger partial charge in [-0.3, -0.25) is 4.98 Å². The van der Waals surface area contributed by atoms with Gasteiger partial charge in [-0.05, 0) is 31.4 Å². The molecule has 0 N–H and O–H groups in total. The molecule has 0 radical (unpaired) electrons. The molecule has 0 unspecified atom stereocenters. The third kappa shape index (κ3) is 3.72. The minimum atomic E-state index is 0.780. The molecule has 0 saturated carbocycles. The Kier molecular flexibility index (Phi) is 4.77. The molecular weight excluding hydrogens is 170 g/mol. The first-order chi connectivity index (χ1) is 5.93. The van der Waals surface area contributed by atoms with Gasteiger partial charge in [0, 0.05) is 17.8 Å². The van der Waals surface area contributed by atoms with Crippen LogP contribution in [0.1, 0.15) is 25.0 Å². The van der Waals surface area contributed by atoms with Crippen molar-refractivity contribution in [1.29, 1.82) is 0 Å². The van der Waals surface area contributed by atoms with E-state index in [-0.39, 0.29) is 0 Å². The Hall–Kier alpha value is -0.560. The Labute approximate surface area is 78.8 Å². The van der Waals surface area contributed by atoms with Gasteiger partial charge in [0.15, 0.2) is 0 Å². The minimum absolute atomic E-state index is 0.780. The molecule has 0 aliphatic heterocycles. The van der Waals surface area contributed by atoms with Gasteiger partial charge in [-0.15, -0.1) is 11.6 Å². The molecule has 0 aliphatic carbocycles. The first-order valence-electron chi connectivity index (χ1n) is 4.39. The molecular formula is C10H14ClN. The van der Waals surface area contributed by atoms with E-state index in [4.69, 9.17) is 11.6 Å². The Morgan fingerprint density at radius 2 is 2.08 bits per heavy atom. The Morgan fingerprint density at radius 3 is 2.75 bits per heavy atom. The maximum atomic E-state index is 5.57. The lowest BCUT2D eigenvalue weighted by Crippen LogP contribution is -1.89. The summed E-state index contributed by atoms with van der Waals surface area (Å²) < 4.78 is 0. The normalized spacial score (nSPS) is 10.1. The summed E-state index contributed by atoms with van der Waals surface area (Å²) in [7, 11) is 0. The zero-order valence-electron chi connectivity index (χ0n) is 7.17. The highest BCUT2D eigenvalue weighted by Gasteiger charge is 1.92. The van der Waals surface area contributed by atoms with Crippen LogP contribution in [0.4, 0.5) is 0 Å². The SMILES string of the molecule is ClCCCCCc1ccccn1. The van der Waals surface area contributed by atoms with Crippen LogP contribution in [0, 0.1) is 0 Å². The highest BCUT2D eigenvalue weighted by molar-refractivity contribution is 6.17. The van der Waals surface area contributed by atoms with Crippen LogP contribution in [0.5, 0.6) is 0 Å². The number of aromatic nitrogens is 1. The van der Waals surface area contributed by atoms with Gasteiger partial charge in [-0.1, -0.05) is 12.5 Å². The number of aryl methyl sites for hydroxylation is 1. The number of hydrogen-bond acceptors (Lipinski definition) is 1. The first kappa shape index (κ1) is 9.53. The number of hydrogen-bond donors (Lipinski definition) is 0. The van der Waals surface area contributed by atoms with E-state index in [1.165, 1.54) is 18.5 Å². The van der Waals surface area contributed by atoms with E-state index in [0.717, 1.165) is 18.7 Å². The molecule has 12 heavy (non-hydrogen) atoms. The van der Waals surface area contributed by atoms with Crippen molar-refractivity contribution in [1.82, 2.24) is 4.98 Å². The molecule has 1 aromatic heterocycles. The Morgan fingerprint density at radius 1 is 1.17 bits per heavy atom. The van der Waals surface area contributed by atoms with Gasteiger partial charge in [-0.25, -0.2) is 0 Å². The molecule has 0 aliphatic rings. The predicted octanol–water partition coefficient (Wildman–Crippen LogP) is 3.03. The molecule has 0 amide bonds. The first-order valence-corrected chi connectivity index (χ1v) is 4.93. The van der Waals surface area contributed by atoms with Crippen LogP contribution >= 0.6 is 11.6 Å². The van der Waals surface area contributed by atoms with E-state index < -0.39 is 0 Å². The fraction of sp³-hybridized carbons (Fsp3) is 0.500. The summed E-state index contributed by atoms with van der Waals surface area (Å²) in [4.78, 5) is 4.24. The van der Waals surface area contributed by atoms with Gasteiger partial charge in [0.25, 0.3) is 0 Å². The van der Waals surface area contributed by atoms with Crippen molar-refractivity contribution in [2.24, 2.45) is 0 Å². The lowest BCUT2D eigenvalue weighted by Gasteiger charge is -1.98. The fourth-order valence-electron chi connectivity index (χ4n) is 1.12. The standard InChI is InChI=1S/C10H14ClN/c11-8-4-1-2-6-10-7-3-5-9-12-10/h3,5,7,9H,1-2,4,6,8H2. The van der Waals surface area contributed by atoms with Crippen LogP contribution in [-0.4, -0.2) is 10.9 Å². The van der Waals surface area contributed by atoms with Crippen LogP contribution < -0.4 is 0 Å². The molecule has 66 valence electrons. The zero-order valence-corrected chi connectivity index (χ0v) is 7.93. The quantitative estimate of drug-likeness (QED) is 0.505. The zero-order chi connectivity index (χ0) is 8.65. The van der Waals surface area contributed by atoms with E-state index >= 15 is 0 Å².